The summed E-state index contributed by atoms with van der Waals surface area (Å²) in [5, 5.41) is 7.30. The second-order valence-electron chi connectivity index (χ2n) is 17.1. The van der Waals surface area contributed by atoms with E-state index in [4.69, 9.17) is 4.98 Å². The molecular weight excluding hydrogens is 813 g/mol. The highest BCUT2D eigenvalue weighted by molar-refractivity contribution is 7.95. The molecule has 0 saturated carbocycles. The topological polar surface area (TPSA) is 104 Å². The third-order valence-corrected chi connectivity index (χ3v) is 13.9. The zero-order chi connectivity index (χ0) is 44.5. The Morgan fingerprint density at radius 1 is 0.984 bits per heavy atom. The van der Waals surface area contributed by atoms with Crippen molar-refractivity contribution < 1.29 is 13.6 Å². The molecule has 7 rings (SSSR count). The smallest absolute Gasteiger partial charge is 0.211 e. The maximum Gasteiger partial charge on any atom is 0.211 e. The molecule has 0 radical (unpaired) electrons. The average molecular weight is 876 g/mol. The second-order valence-corrected chi connectivity index (χ2v) is 18.1. The van der Waals surface area contributed by atoms with Crippen LogP contribution in [-0.2, 0) is 11.2 Å². The highest BCUT2D eigenvalue weighted by atomic mass is 32.2. The van der Waals surface area contributed by atoms with Crippen LogP contribution < -0.4 is 20.3 Å². The van der Waals surface area contributed by atoms with Crippen molar-refractivity contribution in [1.82, 2.24) is 39.5 Å². The molecule has 1 amide bonds. The minimum Gasteiger partial charge on any atom is -0.374 e. The van der Waals surface area contributed by atoms with Gasteiger partial charge in [0.1, 0.15) is 17.3 Å². The lowest BCUT2D eigenvalue weighted by molar-refractivity contribution is -0.109. The molecule has 1 atom stereocenters. The van der Waals surface area contributed by atoms with Gasteiger partial charge in [-0.1, -0.05) is 64.3 Å². The summed E-state index contributed by atoms with van der Waals surface area (Å²) < 4.78 is 36.0. The number of aromatic nitrogens is 3. The zero-order valence-electron chi connectivity index (χ0n) is 37.1. The molecule has 0 bridgehead atoms. The number of fused-ring (bicyclic) bond motifs is 1. The molecule has 4 N–H and O–H groups in total. The fourth-order valence-corrected chi connectivity index (χ4v) is 9.57. The van der Waals surface area contributed by atoms with E-state index in [2.05, 4.69) is 98.2 Å². The molecule has 0 spiro atoms. The predicted octanol–water partition coefficient (Wildman–Crippen LogP) is 10.1. The molecule has 3 aromatic heterocycles. The molecule has 63 heavy (non-hydrogen) atoms. The van der Waals surface area contributed by atoms with Crippen LogP contribution in [0.15, 0.2) is 115 Å². The van der Waals surface area contributed by atoms with E-state index in [1.165, 1.54) is 23.3 Å². The second kappa shape index (κ2) is 21.4. The maximum atomic E-state index is 15.8. The van der Waals surface area contributed by atoms with Crippen molar-refractivity contribution in [3.8, 4) is 11.1 Å². The van der Waals surface area contributed by atoms with Crippen LogP contribution in [0.4, 0.5) is 14.6 Å². The molecule has 1 aliphatic carbocycles. The van der Waals surface area contributed by atoms with Gasteiger partial charge in [-0.15, -0.1) is 0 Å². The first-order chi connectivity index (χ1) is 30.6. The van der Waals surface area contributed by atoms with Crippen LogP contribution in [0.1, 0.15) is 87.8 Å². The molecule has 5 heterocycles. The van der Waals surface area contributed by atoms with Gasteiger partial charge < -0.3 is 30.1 Å². The molecule has 1 unspecified atom stereocenters. The van der Waals surface area contributed by atoms with Gasteiger partial charge in [-0.05, 0) is 92.8 Å². The van der Waals surface area contributed by atoms with Gasteiger partial charge in [0.15, 0.2) is 5.83 Å². The number of carbonyl (C=O) groups is 1. The van der Waals surface area contributed by atoms with Crippen molar-refractivity contribution in [2.75, 3.05) is 51.2 Å². The number of halogens is 2. The minimum absolute atomic E-state index is 0.0915. The number of benzene rings is 1. The Morgan fingerprint density at radius 2 is 1.73 bits per heavy atom. The van der Waals surface area contributed by atoms with Crippen LogP contribution >= 0.6 is 12.1 Å². The summed E-state index contributed by atoms with van der Waals surface area (Å²) in [5.74, 6) is 0.631. The first-order valence-electron chi connectivity index (χ1n) is 22.5. The van der Waals surface area contributed by atoms with Gasteiger partial charge in [0.2, 0.25) is 6.41 Å². The van der Waals surface area contributed by atoms with E-state index in [0.717, 1.165) is 124 Å². The van der Waals surface area contributed by atoms with E-state index in [0.29, 0.717) is 28.9 Å². The first kappa shape index (κ1) is 45.8. The van der Waals surface area contributed by atoms with Crippen molar-refractivity contribution in [2.45, 2.75) is 83.6 Å². The number of allylic oxidation sites excluding steroid dienone is 6. The first-order valence-corrected chi connectivity index (χ1v) is 23.3. The summed E-state index contributed by atoms with van der Waals surface area (Å²) >= 11 is 1.29. The molecule has 10 nitrogen and oxygen atoms in total. The standard InChI is InChI=1S/C50H63F2N9OS/c1-7-9-39(35(5)57-32-62)26-36-10-12-37(13-11-36)38-18-22-60(23-19-38)33(3)28-53-42-20-24-61(25-21-42)47-17-14-40(29-54-47)41-27-43-44(31-56-50(43)55-30-41)34(4)48-45(51)15-16-46(49(48)52)58-63-59(6)8-2/h10-14,17,27,29-32,38-39,42,53,58H,3-5,7-9,15-16,18-26,28H2,1-2,6H3,(H,55,56)(H,57,62). The molecule has 4 aromatic rings. The largest absolute Gasteiger partial charge is 0.374 e. The average Bonchev–Trinajstić information content (AvgIpc) is 3.74. The minimum atomic E-state index is -0.609. The van der Waals surface area contributed by atoms with E-state index < -0.39 is 11.7 Å². The van der Waals surface area contributed by atoms with Crippen LogP contribution in [0.5, 0.6) is 0 Å². The lowest BCUT2D eigenvalue weighted by Crippen LogP contribution is -2.45. The SMILES string of the molecule is C=C(C1=C(F)CCC(NSN(C)CC)=C1F)c1c[nH]c2ncc(-c3ccc(N4CCC(NCC(=C)N5CCC(c6ccc(CC(CCC)C(=C)NC=O)cc6)CC5)CC4)nc3)cc12. The number of hydrogen-bond donors (Lipinski definition) is 4. The predicted molar refractivity (Wildman–Crippen MR) is 256 cm³/mol. The van der Waals surface area contributed by atoms with Gasteiger partial charge in [-0.25, -0.2) is 23.1 Å². The van der Waals surface area contributed by atoms with E-state index >= 15 is 8.78 Å². The number of nitrogens with zero attached hydrogens (tertiary/aromatic N) is 5. The Hall–Kier alpha value is -5.24. The number of hydrogen-bond acceptors (Lipinski definition) is 9. The summed E-state index contributed by atoms with van der Waals surface area (Å²) in [7, 11) is 1.91. The number of carbonyl (C=O) groups excluding carboxylic acids is 1. The Kier molecular flexibility index (Phi) is 15.6. The van der Waals surface area contributed by atoms with E-state index in [-0.39, 0.29) is 29.9 Å². The lowest BCUT2D eigenvalue weighted by Gasteiger charge is -2.37. The number of pyridine rings is 2. The maximum absolute atomic E-state index is 15.8. The van der Waals surface area contributed by atoms with E-state index in [9.17, 15) is 4.79 Å². The molecule has 334 valence electrons. The summed E-state index contributed by atoms with van der Waals surface area (Å²) in [5.41, 5.74) is 8.20. The number of anilines is 1. The third kappa shape index (κ3) is 11.1. The molecule has 13 heteroatoms. The Balaban J connectivity index is 0.872. The third-order valence-electron chi connectivity index (χ3n) is 13.0. The number of piperidine rings is 2. The molecular formula is C50H63F2N9OS. The van der Waals surface area contributed by atoms with E-state index in [1.807, 2.05) is 30.5 Å². The molecule has 2 saturated heterocycles. The lowest BCUT2D eigenvalue weighted by atomic mass is 9.87. The number of aromatic amines is 1. The number of likely N-dealkylation sites (tertiary alicyclic amines) is 1. The fourth-order valence-electron chi connectivity index (χ4n) is 8.99. The van der Waals surface area contributed by atoms with Crippen LogP contribution in [0.3, 0.4) is 0 Å². The van der Waals surface area contributed by atoms with Crippen molar-refractivity contribution in [2.24, 2.45) is 5.92 Å². The summed E-state index contributed by atoms with van der Waals surface area (Å²) in [6, 6.07) is 15.6. The van der Waals surface area contributed by atoms with Crippen LogP contribution in [0.25, 0.3) is 27.7 Å². The van der Waals surface area contributed by atoms with Gasteiger partial charge >= 0.3 is 0 Å². The van der Waals surface area contributed by atoms with Gasteiger partial charge in [0.05, 0.1) is 11.3 Å². The van der Waals surface area contributed by atoms with Crippen LogP contribution in [0, 0.1) is 5.92 Å². The van der Waals surface area contributed by atoms with E-state index in [1.54, 1.807) is 12.4 Å². The molecule has 3 aliphatic rings. The summed E-state index contributed by atoms with van der Waals surface area (Å²) in [6.45, 7) is 22.3. The highest BCUT2D eigenvalue weighted by Gasteiger charge is 2.28. The molecule has 2 aliphatic heterocycles. The highest BCUT2D eigenvalue weighted by Crippen LogP contribution is 2.41. The normalized spacial score (nSPS) is 17.1. The Labute approximate surface area is 376 Å². The summed E-state index contributed by atoms with van der Waals surface area (Å²) in [6.07, 6.45) is 13.7. The molecule has 2 fully saturated rings. The number of nitrogens with one attached hydrogen (secondary N) is 4. The monoisotopic (exact) mass is 875 g/mol. The van der Waals surface area contributed by atoms with Gasteiger partial charge in [0, 0.05) is 122 Å². The van der Waals surface area contributed by atoms with Gasteiger partial charge in [-0.2, -0.15) is 0 Å². The number of H-pyrrole nitrogens is 1. The number of rotatable bonds is 20. The number of amides is 1. The van der Waals surface area contributed by atoms with Crippen molar-refractivity contribution >= 4 is 41.0 Å². The quantitative estimate of drug-likeness (QED) is 0.0511. The van der Waals surface area contributed by atoms with Crippen molar-refractivity contribution in [3.05, 3.63) is 132 Å². The Morgan fingerprint density at radius 3 is 2.41 bits per heavy atom. The molecule has 1 aromatic carbocycles. The van der Waals surface area contributed by atoms with Gasteiger partial charge in [-0.3, -0.25) is 4.79 Å². The van der Waals surface area contributed by atoms with Crippen molar-refractivity contribution in [3.63, 3.8) is 0 Å². The van der Waals surface area contributed by atoms with Gasteiger partial charge in [0.25, 0.3) is 0 Å². The van der Waals surface area contributed by atoms with Crippen LogP contribution in [0.2, 0.25) is 0 Å². The summed E-state index contributed by atoms with van der Waals surface area (Å²) in [4.78, 5) is 28.4. The zero-order valence-corrected chi connectivity index (χ0v) is 37.9. The Bertz CT molecular complexity index is 2310. The fraction of sp³-hybridized carbons (Fsp3) is 0.420. The van der Waals surface area contributed by atoms with Crippen LogP contribution in [-0.4, -0.2) is 82.9 Å². The van der Waals surface area contributed by atoms with Crippen molar-refractivity contribution in [1.29, 1.82) is 0 Å².